The fraction of sp³-hybridized carbons (Fsp3) is 0.933. The molecule has 3 atom stereocenters. The molecule has 0 aliphatic heterocycles. The zero-order chi connectivity index (χ0) is 11.5. The summed E-state index contributed by atoms with van der Waals surface area (Å²) in [6, 6.07) is 0. The van der Waals surface area contributed by atoms with Gasteiger partial charge in [-0.1, -0.05) is 39.5 Å². The van der Waals surface area contributed by atoms with Gasteiger partial charge in [0, 0.05) is 11.8 Å². The third-order valence-corrected chi connectivity index (χ3v) is 4.83. The van der Waals surface area contributed by atoms with E-state index in [0.717, 1.165) is 12.3 Å². The van der Waals surface area contributed by atoms with E-state index in [1.807, 2.05) is 0 Å². The monoisotopic (exact) mass is 222 g/mol. The van der Waals surface area contributed by atoms with Crippen LogP contribution in [0.5, 0.6) is 0 Å². The van der Waals surface area contributed by atoms with Gasteiger partial charge in [-0.05, 0) is 37.5 Å². The molecule has 1 heteroatoms. The number of ketones is 1. The number of rotatable bonds is 2. The van der Waals surface area contributed by atoms with Crippen LogP contribution in [-0.2, 0) is 4.79 Å². The number of hydrogen-bond donors (Lipinski definition) is 0. The highest BCUT2D eigenvalue weighted by Crippen LogP contribution is 2.38. The average Bonchev–Trinajstić information content (AvgIpc) is 2.32. The van der Waals surface area contributed by atoms with Crippen molar-refractivity contribution in [2.45, 2.75) is 65.2 Å². The van der Waals surface area contributed by atoms with E-state index in [9.17, 15) is 4.79 Å². The Balaban J connectivity index is 1.96. The van der Waals surface area contributed by atoms with Gasteiger partial charge in [-0.2, -0.15) is 0 Å². The summed E-state index contributed by atoms with van der Waals surface area (Å²) in [4.78, 5) is 12.5. The molecule has 2 saturated carbocycles. The van der Waals surface area contributed by atoms with E-state index in [2.05, 4.69) is 13.8 Å². The lowest BCUT2D eigenvalue weighted by atomic mass is 9.69. The largest absolute Gasteiger partial charge is 0.299 e. The second kappa shape index (κ2) is 5.33. The highest BCUT2D eigenvalue weighted by Gasteiger charge is 2.34. The van der Waals surface area contributed by atoms with Crippen LogP contribution in [0.4, 0.5) is 0 Å². The van der Waals surface area contributed by atoms with E-state index < -0.39 is 0 Å². The quantitative estimate of drug-likeness (QED) is 0.684. The molecule has 2 rings (SSSR count). The number of carbonyl (C=O) groups excluding carboxylic acids is 1. The van der Waals surface area contributed by atoms with Crippen LogP contribution in [0.3, 0.4) is 0 Å². The molecule has 0 spiro atoms. The van der Waals surface area contributed by atoms with Crippen molar-refractivity contribution in [2.24, 2.45) is 23.7 Å². The summed E-state index contributed by atoms with van der Waals surface area (Å²) < 4.78 is 0. The second-order valence-corrected chi connectivity index (χ2v) is 6.24. The molecular weight excluding hydrogens is 196 g/mol. The Morgan fingerprint density at radius 1 is 0.938 bits per heavy atom. The van der Waals surface area contributed by atoms with Crippen molar-refractivity contribution in [3.8, 4) is 0 Å². The molecule has 92 valence electrons. The first-order valence-corrected chi connectivity index (χ1v) is 7.22. The van der Waals surface area contributed by atoms with Crippen molar-refractivity contribution in [1.82, 2.24) is 0 Å². The van der Waals surface area contributed by atoms with Gasteiger partial charge in [0.05, 0.1) is 0 Å². The van der Waals surface area contributed by atoms with Gasteiger partial charge in [0.2, 0.25) is 0 Å². The van der Waals surface area contributed by atoms with Crippen LogP contribution in [0.1, 0.15) is 65.2 Å². The first-order valence-electron chi connectivity index (χ1n) is 7.22. The van der Waals surface area contributed by atoms with Gasteiger partial charge < -0.3 is 0 Å². The first-order chi connectivity index (χ1) is 7.68. The molecule has 0 aromatic carbocycles. The second-order valence-electron chi connectivity index (χ2n) is 6.24. The molecule has 0 N–H and O–H groups in total. The van der Waals surface area contributed by atoms with E-state index in [-0.39, 0.29) is 0 Å². The molecule has 0 heterocycles. The SMILES string of the molecule is CC1CCC(C)C(C(=O)C2CCCCC2)C1. The molecule has 2 fully saturated rings. The van der Waals surface area contributed by atoms with Crippen LogP contribution in [0.25, 0.3) is 0 Å². The average molecular weight is 222 g/mol. The summed E-state index contributed by atoms with van der Waals surface area (Å²) in [5.41, 5.74) is 0. The number of carbonyl (C=O) groups is 1. The highest BCUT2D eigenvalue weighted by molar-refractivity contribution is 5.83. The van der Waals surface area contributed by atoms with Crippen molar-refractivity contribution in [2.75, 3.05) is 0 Å². The summed E-state index contributed by atoms with van der Waals surface area (Å²) in [6.45, 7) is 4.60. The van der Waals surface area contributed by atoms with E-state index >= 15 is 0 Å². The maximum Gasteiger partial charge on any atom is 0.139 e. The molecule has 0 radical (unpaired) electrons. The van der Waals surface area contributed by atoms with Gasteiger partial charge in [0.1, 0.15) is 5.78 Å². The van der Waals surface area contributed by atoms with Crippen molar-refractivity contribution in [3.63, 3.8) is 0 Å². The number of Topliss-reactive ketones (excluding diaryl/α,β-unsaturated/α-hetero) is 1. The first kappa shape index (κ1) is 12.1. The van der Waals surface area contributed by atoms with E-state index in [1.165, 1.54) is 44.9 Å². The van der Waals surface area contributed by atoms with Gasteiger partial charge >= 0.3 is 0 Å². The molecule has 1 nitrogen and oxygen atoms in total. The molecular formula is C15H26O. The van der Waals surface area contributed by atoms with Crippen LogP contribution >= 0.6 is 0 Å². The molecule has 0 amide bonds. The lowest BCUT2D eigenvalue weighted by Gasteiger charge is -2.34. The molecule has 0 saturated heterocycles. The summed E-state index contributed by atoms with van der Waals surface area (Å²) in [5.74, 6) is 2.86. The summed E-state index contributed by atoms with van der Waals surface area (Å²) >= 11 is 0. The molecule has 0 bridgehead atoms. The van der Waals surface area contributed by atoms with Crippen LogP contribution in [0, 0.1) is 23.7 Å². The fourth-order valence-corrected chi connectivity index (χ4v) is 3.62. The Morgan fingerprint density at radius 2 is 1.62 bits per heavy atom. The molecule has 3 unspecified atom stereocenters. The smallest absolute Gasteiger partial charge is 0.139 e. The lowest BCUT2D eigenvalue weighted by Crippen LogP contribution is -2.33. The Kier molecular flexibility index (Phi) is 4.05. The zero-order valence-electron chi connectivity index (χ0n) is 10.9. The summed E-state index contributed by atoms with van der Waals surface area (Å²) in [5, 5.41) is 0. The van der Waals surface area contributed by atoms with E-state index in [4.69, 9.17) is 0 Å². The zero-order valence-corrected chi connectivity index (χ0v) is 10.9. The van der Waals surface area contributed by atoms with Crippen LogP contribution in [-0.4, -0.2) is 5.78 Å². The van der Waals surface area contributed by atoms with Crippen LogP contribution in [0.15, 0.2) is 0 Å². The van der Waals surface area contributed by atoms with E-state index in [1.54, 1.807) is 0 Å². The van der Waals surface area contributed by atoms with Gasteiger partial charge in [0.25, 0.3) is 0 Å². The van der Waals surface area contributed by atoms with Crippen LogP contribution < -0.4 is 0 Å². The Hall–Kier alpha value is -0.330. The molecule has 2 aliphatic carbocycles. The van der Waals surface area contributed by atoms with Crippen molar-refractivity contribution in [1.29, 1.82) is 0 Å². The normalized spacial score (nSPS) is 37.2. The highest BCUT2D eigenvalue weighted by atomic mass is 16.1. The Labute approximate surface area is 100.0 Å². The maximum absolute atomic E-state index is 12.5. The Bertz CT molecular complexity index is 240. The maximum atomic E-state index is 12.5. The topological polar surface area (TPSA) is 17.1 Å². The van der Waals surface area contributed by atoms with Gasteiger partial charge in [-0.15, -0.1) is 0 Å². The third-order valence-electron chi connectivity index (χ3n) is 4.83. The summed E-state index contributed by atoms with van der Waals surface area (Å²) in [6.07, 6.45) is 10.0. The molecule has 0 aromatic rings. The van der Waals surface area contributed by atoms with Crippen molar-refractivity contribution < 1.29 is 4.79 Å². The minimum absolute atomic E-state index is 0.395. The van der Waals surface area contributed by atoms with Gasteiger partial charge in [-0.3, -0.25) is 4.79 Å². The predicted molar refractivity (Wildman–Crippen MR) is 67.3 cm³/mol. The summed E-state index contributed by atoms with van der Waals surface area (Å²) in [7, 11) is 0. The molecule has 16 heavy (non-hydrogen) atoms. The standard InChI is InChI=1S/C15H26O/c1-11-8-9-12(2)14(10-11)15(16)13-6-4-3-5-7-13/h11-14H,3-10H2,1-2H3. The van der Waals surface area contributed by atoms with Crippen molar-refractivity contribution >= 4 is 5.78 Å². The van der Waals surface area contributed by atoms with E-state index in [0.29, 0.717) is 23.5 Å². The van der Waals surface area contributed by atoms with Gasteiger partial charge in [0.15, 0.2) is 0 Å². The number of hydrogen-bond acceptors (Lipinski definition) is 1. The minimum Gasteiger partial charge on any atom is -0.299 e. The fourth-order valence-electron chi connectivity index (χ4n) is 3.62. The third kappa shape index (κ3) is 2.67. The Morgan fingerprint density at radius 3 is 2.31 bits per heavy atom. The molecule has 2 aliphatic rings. The minimum atomic E-state index is 0.395. The predicted octanol–water partition coefficient (Wildman–Crippen LogP) is 4.21. The van der Waals surface area contributed by atoms with Crippen LogP contribution in [0.2, 0.25) is 0 Å². The van der Waals surface area contributed by atoms with Crippen molar-refractivity contribution in [3.05, 3.63) is 0 Å². The van der Waals surface area contributed by atoms with Gasteiger partial charge in [-0.25, -0.2) is 0 Å². The molecule has 0 aromatic heterocycles. The lowest BCUT2D eigenvalue weighted by molar-refractivity contribution is -0.131.